The van der Waals surface area contributed by atoms with Gasteiger partial charge in [-0.15, -0.1) is 0 Å². The van der Waals surface area contributed by atoms with E-state index in [9.17, 15) is 0 Å². The van der Waals surface area contributed by atoms with E-state index in [1.54, 1.807) is 0 Å². The summed E-state index contributed by atoms with van der Waals surface area (Å²) in [5.41, 5.74) is 0. The number of hydrogen-bond acceptors (Lipinski definition) is 2. The summed E-state index contributed by atoms with van der Waals surface area (Å²) in [5, 5.41) is 3.84. The van der Waals surface area contributed by atoms with Crippen molar-refractivity contribution in [2.75, 3.05) is 20.1 Å². The molecule has 0 amide bonds. The van der Waals surface area contributed by atoms with E-state index in [1.807, 2.05) is 0 Å². The number of piperidine rings is 1. The summed E-state index contributed by atoms with van der Waals surface area (Å²) >= 11 is 0. The SMILES string of the molecule is C[C@H](NCC1CCCCN1C)C1CCCCCC1. The third kappa shape index (κ3) is 4.24. The number of nitrogens with one attached hydrogen (secondary N) is 1. The van der Waals surface area contributed by atoms with Crippen molar-refractivity contribution in [3.63, 3.8) is 0 Å². The van der Waals surface area contributed by atoms with Crippen molar-refractivity contribution in [1.82, 2.24) is 10.2 Å². The summed E-state index contributed by atoms with van der Waals surface area (Å²) in [6.45, 7) is 4.91. The van der Waals surface area contributed by atoms with Gasteiger partial charge in [0.1, 0.15) is 0 Å². The van der Waals surface area contributed by atoms with Crippen molar-refractivity contribution in [1.29, 1.82) is 0 Å². The Morgan fingerprint density at radius 2 is 1.67 bits per heavy atom. The Kier molecular flexibility index (Phi) is 5.97. The van der Waals surface area contributed by atoms with Gasteiger partial charge in [-0.25, -0.2) is 0 Å². The summed E-state index contributed by atoms with van der Waals surface area (Å²) in [5.74, 6) is 0.932. The Bertz CT molecular complexity index is 221. The lowest BCUT2D eigenvalue weighted by Gasteiger charge is -2.34. The first-order chi connectivity index (χ1) is 8.77. The van der Waals surface area contributed by atoms with Crippen LogP contribution in [-0.2, 0) is 0 Å². The molecule has 1 saturated carbocycles. The minimum Gasteiger partial charge on any atom is -0.312 e. The lowest BCUT2D eigenvalue weighted by atomic mass is 9.92. The van der Waals surface area contributed by atoms with E-state index in [1.165, 1.54) is 70.9 Å². The van der Waals surface area contributed by atoms with Gasteiger partial charge in [-0.1, -0.05) is 32.1 Å². The highest BCUT2D eigenvalue weighted by atomic mass is 15.2. The van der Waals surface area contributed by atoms with Crippen LogP contribution in [0.1, 0.15) is 64.7 Å². The highest BCUT2D eigenvalue weighted by molar-refractivity contribution is 4.80. The van der Waals surface area contributed by atoms with Gasteiger partial charge < -0.3 is 10.2 Å². The number of nitrogens with zero attached hydrogens (tertiary/aromatic N) is 1. The molecule has 1 N–H and O–H groups in total. The fraction of sp³-hybridized carbons (Fsp3) is 1.00. The van der Waals surface area contributed by atoms with Crippen LogP contribution in [0.4, 0.5) is 0 Å². The topological polar surface area (TPSA) is 15.3 Å². The molecule has 0 radical (unpaired) electrons. The zero-order chi connectivity index (χ0) is 12.8. The largest absolute Gasteiger partial charge is 0.312 e. The molecule has 1 unspecified atom stereocenters. The zero-order valence-electron chi connectivity index (χ0n) is 12.5. The van der Waals surface area contributed by atoms with Crippen LogP contribution in [0, 0.1) is 5.92 Å². The molecule has 2 heteroatoms. The van der Waals surface area contributed by atoms with E-state index in [2.05, 4.69) is 24.2 Å². The van der Waals surface area contributed by atoms with E-state index in [0.29, 0.717) is 0 Å². The first-order valence-corrected chi connectivity index (χ1v) is 8.21. The molecular weight excluding hydrogens is 220 g/mol. The molecule has 2 fully saturated rings. The Balaban J connectivity index is 1.71. The molecule has 1 heterocycles. The molecule has 18 heavy (non-hydrogen) atoms. The quantitative estimate of drug-likeness (QED) is 0.771. The molecule has 2 rings (SSSR count). The predicted octanol–water partition coefficient (Wildman–Crippen LogP) is 3.42. The molecule has 2 aliphatic rings. The minimum atomic E-state index is 0.721. The van der Waals surface area contributed by atoms with E-state index < -0.39 is 0 Å². The maximum atomic E-state index is 3.84. The predicted molar refractivity (Wildman–Crippen MR) is 78.9 cm³/mol. The third-order valence-electron chi connectivity index (χ3n) is 5.20. The van der Waals surface area contributed by atoms with E-state index >= 15 is 0 Å². The van der Waals surface area contributed by atoms with Crippen LogP contribution in [0.5, 0.6) is 0 Å². The van der Waals surface area contributed by atoms with Crippen molar-refractivity contribution in [3.05, 3.63) is 0 Å². The van der Waals surface area contributed by atoms with Gasteiger partial charge in [-0.05, 0) is 52.1 Å². The molecule has 1 aliphatic heterocycles. The zero-order valence-corrected chi connectivity index (χ0v) is 12.5. The molecule has 0 aromatic carbocycles. The van der Waals surface area contributed by atoms with Crippen LogP contribution in [0.25, 0.3) is 0 Å². The standard InChI is InChI=1S/C16H32N2/c1-14(15-9-5-3-4-6-10-15)17-13-16-11-7-8-12-18(16)2/h14-17H,3-13H2,1-2H3/t14-,16?/m0/s1. The van der Waals surface area contributed by atoms with Crippen molar-refractivity contribution in [2.24, 2.45) is 5.92 Å². The van der Waals surface area contributed by atoms with Crippen molar-refractivity contribution < 1.29 is 0 Å². The van der Waals surface area contributed by atoms with E-state index in [0.717, 1.165) is 18.0 Å². The van der Waals surface area contributed by atoms with E-state index in [-0.39, 0.29) is 0 Å². The number of hydrogen-bond donors (Lipinski definition) is 1. The molecule has 0 aromatic heterocycles. The Labute approximate surface area is 114 Å². The second-order valence-corrected chi connectivity index (χ2v) is 6.58. The molecule has 0 bridgehead atoms. The summed E-state index contributed by atoms with van der Waals surface area (Å²) < 4.78 is 0. The number of likely N-dealkylation sites (N-methyl/N-ethyl adjacent to an activating group) is 1. The molecule has 2 nitrogen and oxygen atoms in total. The second kappa shape index (κ2) is 7.49. The summed E-state index contributed by atoms with van der Waals surface area (Å²) in [6.07, 6.45) is 13.0. The van der Waals surface area contributed by atoms with Gasteiger partial charge in [-0.2, -0.15) is 0 Å². The van der Waals surface area contributed by atoms with Crippen molar-refractivity contribution in [3.8, 4) is 0 Å². The minimum absolute atomic E-state index is 0.721. The number of rotatable bonds is 4. The van der Waals surface area contributed by atoms with Gasteiger partial charge in [-0.3, -0.25) is 0 Å². The fourth-order valence-electron chi connectivity index (χ4n) is 3.70. The molecule has 0 spiro atoms. The van der Waals surface area contributed by atoms with Gasteiger partial charge >= 0.3 is 0 Å². The smallest absolute Gasteiger partial charge is 0.0217 e. The lowest BCUT2D eigenvalue weighted by Crippen LogP contribution is -2.46. The fourth-order valence-corrected chi connectivity index (χ4v) is 3.70. The van der Waals surface area contributed by atoms with Crippen LogP contribution < -0.4 is 5.32 Å². The normalized spacial score (nSPS) is 30.0. The molecule has 0 aromatic rings. The average molecular weight is 252 g/mol. The lowest BCUT2D eigenvalue weighted by molar-refractivity contribution is 0.172. The van der Waals surface area contributed by atoms with Crippen molar-refractivity contribution >= 4 is 0 Å². The summed E-state index contributed by atoms with van der Waals surface area (Å²) in [4.78, 5) is 2.55. The van der Waals surface area contributed by atoms with Gasteiger partial charge in [0.05, 0.1) is 0 Å². The highest BCUT2D eigenvalue weighted by Gasteiger charge is 2.22. The Hall–Kier alpha value is -0.0800. The maximum Gasteiger partial charge on any atom is 0.0217 e. The van der Waals surface area contributed by atoms with Crippen LogP contribution in [0.15, 0.2) is 0 Å². The van der Waals surface area contributed by atoms with Gasteiger partial charge in [0.2, 0.25) is 0 Å². The average Bonchev–Trinajstić information content (AvgIpc) is 2.66. The van der Waals surface area contributed by atoms with Crippen LogP contribution in [-0.4, -0.2) is 37.1 Å². The number of likely N-dealkylation sites (tertiary alicyclic amines) is 1. The monoisotopic (exact) mass is 252 g/mol. The molecule has 1 saturated heterocycles. The highest BCUT2D eigenvalue weighted by Crippen LogP contribution is 2.25. The van der Waals surface area contributed by atoms with Gasteiger partial charge in [0, 0.05) is 18.6 Å². The van der Waals surface area contributed by atoms with Crippen LogP contribution in [0.2, 0.25) is 0 Å². The Morgan fingerprint density at radius 1 is 1.00 bits per heavy atom. The van der Waals surface area contributed by atoms with Crippen LogP contribution in [0.3, 0.4) is 0 Å². The molecule has 106 valence electrons. The van der Waals surface area contributed by atoms with Gasteiger partial charge in [0.15, 0.2) is 0 Å². The Morgan fingerprint density at radius 3 is 2.33 bits per heavy atom. The van der Waals surface area contributed by atoms with Crippen LogP contribution >= 0.6 is 0 Å². The summed E-state index contributed by atoms with van der Waals surface area (Å²) in [6, 6.07) is 1.51. The van der Waals surface area contributed by atoms with Crippen molar-refractivity contribution in [2.45, 2.75) is 76.8 Å². The first-order valence-electron chi connectivity index (χ1n) is 8.21. The first kappa shape index (κ1) is 14.3. The molecule has 2 atom stereocenters. The summed E-state index contributed by atoms with van der Waals surface area (Å²) in [7, 11) is 2.29. The third-order valence-corrected chi connectivity index (χ3v) is 5.20. The maximum absolute atomic E-state index is 3.84. The van der Waals surface area contributed by atoms with E-state index in [4.69, 9.17) is 0 Å². The molecular formula is C16H32N2. The second-order valence-electron chi connectivity index (χ2n) is 6.58. The van der Waals surface area contributed by atoms with Gasteiger partial charge in [0.25, 0.3) is 0 Å². The molecule has 1 aliphatic carbocycles.